The molecule has 0 amide bonds. The van der Waals surface area contributed by atoms with E-state index in [2.05, 4.69) is 4.98 Å². The van der Waals surface area contributed by atoms with Crippen LogP contribution in [-0.2, 0) is 6.54 Å². The van der Waals surface area contributed by atoms with Crippen LogP contribution in [0.1, 0.15) is 22.8 Å². The molecule has 1 heterocycles. The Bertz CT molecular complexity index is 611. The molecule has 0 fully saturated rings. The van der Waals surface area contributed by atoms with Crippen molar-refractivity contribution in [3.8, 4) is 5.75 Å². The molecule has 0 radical (unpaired) electrons. The number of pyridine rings is 1. The highest BCUT2D eigenvalue weighted by molar-refractivity contribution is 5.94. The van der Waals surface area contributed by atoms with Gasteiger partial charge in [-0.25, -0.2) is 4.98 Å². The molecule has 0 aliphatic rings. The van der Waals surface area contributed by atoms with E-state index in [0.29, 0.717) is 12.1 Å². The lowest BCUT2D eigenvalue weighted by molar-refractivity contribution is 0.101. The van der Waals surface area contributed by atoms with Gasteiger partial charge in [-0.1, -0.05) is 18.2 Å². The van der Waals surface area contributed by atoms with Crippen LogP contribution >= 0.6 is 0 Å². The zero-order valence-corrected chi connectivity index (χ0v) is 12.0. The van der Waals surface area contributed by atoms with Crippen LogP contribution in [0.4, 0.5) is 5.82 Å². The number of ketones is 1. The zero-order valence-electron chi connectivity index (χ0n) is 12.0. The summed E-state index contributed by atoms with van der Waals surface area (Å²) in [6, 6.07) is 11.4. The first kappa shape index (κ1) is 14.1. The van der Waals surface area contributed by atoms with Gasteiger partial charge in [0.25, 0.3) is 0 Å². The van der Waals surface area contributed by atoms with Gasteiger partial charge in [0, 0.05) is 30.9 Å². The van der Waals surface area contributed by atoms with Gasteiger partial charge in [0.15, 0.2) is 5.78 Å². The monoisotopic (exact) mass is 270 g/mol. The fourth-order valence-electron chi connectivity index (χ4n) is 2.02. The van der Waals surface area contributed by atoms with Gasteiger partial charge in [0.1, 0.15) is 11.6 Å². The third-order valence-corrected chi connectivity index (χ3v) is 3.14. The first-order chi connectivity index (χ1) is 9.61. The molecule has 0 unspecified atom stereocenters. The number of hydrogen-bond acceptors (Lipinski definition) is 4. The van der Waals surface area contributed by atoms with Gasteiger partial charge < -0.3 is 9.64 Å². The maximum atomic E-state index is 11.4. The van der Waals surface area contributed by atoms with Crippen molar-refractivity contribution >= 4 is 11.6 Å². The number of nitrogens with zero attached hydrogens (tertiary/aromatic N) is 2. The van der Waals surface area contributed by atoms with Gasteiger partial charge in [-0.05, 0) is 25.1 Å². The predicted molar refractivity (Wildman–Crippen MR) is 79.3 cm³/mol. The van der Waals surface area contributed by atoms with Crippen molar-refractivity contribution in [3.63, 3.8) is 0 Å². The van der Waals surface area contributed by atoms with Gasteiger partial charge in [-0.15, -0.1) is 0 Å². The Balaban J connectivity index is 2.21. The number of aromatic nitrogens is 1. The summed E-state index contributed by atoms with van der Waals surface area (Å²) in [7, 11) is 3.60. The number of para-hydroxylation sites is 1. The van der Waals surface area contributed by atoms with E-state index in [1.54, 1.807) is 32.4 Å². The van der Waals surface area contributed by atoms with Crippen LogP contribution in [-0.4, -0.2) is 24.9 Å². The average molecular weight is 270 g/mol. The topological polar surface area (TPSA) is 42.4 Å². The summed E-state index contributed by atoms with van der Waals surface area (Å²) in [5, 5.41) is 0. The Kier molecular flexibility index (Phi) is 4.35. The lowest BCUT2D eigenvalue weighted by atomic mass is 10.1. The molecule has 0 N–H and O–H groups in total. The van der Waals surface area contributed by atoms with E-state index in [9.17, 15) is 4.79 Å². The standard InChI is InChI=1S/C16H18N2O2/c1-12(19)13-8-9-17-16(10-13)18(2)11-14-6-4-5-7-15(14)20-3/h4-10H,11H2,1-3H3. The van der Waals surface area contributed by atoms with E-state index in [-0.39, 0.29) is 5.78 Å². The minimum atomic E-state index is 0.0411. The molecule has 0 aliphatic carbocycles. The normalized spacial score (nSPS) is 10.2. The van der Waals surface area contributed by atoms with E-state index in [0.717, 1.165) is 17.1 Å². The van der Waals surface area contributed by atoms with Gasteiger partial charge in [0.05, 0.1) is 7.11 Å². The van der Waals surface area contributed by atoms with Crippen molar-refractivity contribution in [1.29, 1.82) is 0 Å². The van der Waals surface area contributed by atoms with E-state index in [4.69, 9.17) is 4.74 Å². The summed E-state index contributed by atoms with van der Waals surface area (Å²) >= 11 is 0. The fraction of sp³-hybridized carbons (Fsp3) is 0.250. The second kappa shape index (κ2) is 6.19. The molecule has 0 saturated heterocycles. The van der Waals surface area contributed by atoms with Crippen LogP contribution in [0.5, 0.6) is 5.75 Å². The Labute approximate surface area is 119 Å². The summed E-state index contributed by atoms with van der Waals surface area (Å²) in [6.45, 7) is 2.22. The molecule has 0 aliphatic heterocycles. The molecule has 0 bridgehead atoms. The second-order valence-electron chi connectivity index (χ2n) is 4.63. The van der Waals surface area contributed by atoms with Crippen LogP contribution in [0.15, 0.2) is 42.6 Å². The molecule has 1 aromatic carbocycles. The van der Waals surface area contributed by atoms with Gasteiger partial charge in [-0.2, -0.15) is 0 Å². The molecule has 0 spiro atoms. The van der Waals surface area contributed by atoms with Crippen LogP contribution in [0.25, 0.3) is 0 Å². The maximum Gasteiger partial charge on any atom is 0.159 e. The second-order valence-corrected chi connectivity index (χ2v) is 4.63. The highest BCUT2D eigenvalue weighted by Gasteiger charge is 2.09. The number of ether oxygens (including phenoxy) is 1. The zero-order chi connectivity index (χ0) is 14.5. The van der Waals surface area contributed by atoms with Crippen molar-refractivity contribution in [2.75, 3.05) is 19.1 Å². The molecular weight excluding hydrogens is 252 g/mol. The first-order valence-electron chi connectivity index (χ1n) is 6.42. The molecular formula is C16H18N2O2. The molecule has 104 valence electrons. The summed E-state index contributed by atoms with van der Waals surface area (Å²) in [6.07, 6.45) is 1.66. The van der Waals surface area contributed by atoms with E-state index in [1.165, 1.54) is 0 Å². The Morgan fingerprint density at radius 2 is 2.05 bits per heavy atom. The van der Waals surface area contributed by atoms with E-state index < -0.39 is 0 Å². The van der Waals surface area contributed by atoms with Crippen LogP contribution in [0, 0.1) is 0 Å². The number of rotatable bonds is 5. The van der Waals surface area contributed by atoms with Gasteiger partial charge in [-0.3, -0.25) is 4.79 Å². The maximum absolute atomic E-state index is 11.4. The molecule has 0 saturated carbocycles. The quantitative estimate of drug-likeness (QED) is 0.783. The molecule has 4 heteroatoms. The largest absolute Gasteiger partial charge is 0.496 e. The average Bonchev–Trinajstić information content (AvgIpc) is 2.48. The number of anilines is 1. The number of hydrogen-bond donors (Lipinski definition) is 0. The third kappa shape index (κ3) is 3.15. The number of benzene rings is 1. The molecule has 4 nitrogen and oxygen atoms in total. The fourth-order valence-corrected chi connectivity index (χ4v) is 2.02. The number of carbonyl (C=O) groups excluding carboxylic acids is 1. The van der Waals surface area contributed by atoms with E-state index >= 15 is 0 Å². The van der Waals surface area contributed by atoms with Crippen LogP contribution in [0.3, 0.4) is 0 Å². The van der Waals surface area contributed by atoms with Gasteiger partial charge >= 0.3 is 0 Å². The number of carbonyl (C=O) groups is 1. The van der Waals surface area contributed by atoms with Crippen molar-refractivity contribution in [2.24, 2.45) is 0 Å². The molecule has 20 heavy (non-hydrogen) atoms. The minimum Gasteiger partial charge on any atom is -0.496 e. The Morgan fingerprint density at radius 3 is 2.75 bits per heavy atom. The van der Waals surface area contributed by atoms with Crippen molar-refractivity contribution in [1.82, 2.24) is 4.98 Å². The lowest BCUT2D eigenvalue weighted by Gasteiger charge is -2.20. The minimum absolute atomic E-state index is 0.0411. The first-order valence-corrected chi connectivity index (χ1v) is 6.42. The Hall–Kier alpha value is -2.36. The van der Waals surface area contributed by atoms with Crippen molar-refractivity contribution in [3.05, 3.63) is 53.7 Å². The predicted octanol–water partition coefficient (Wildman–Crippen LogP) is 2.93. The molecule has 2 rings (SSSR count). The Morgan fingerprint density at radius 1 is 1.30 bits per heavy atom. The summed E-state index contributed by atoms with van der Waals surface area (Å²) < 4.78 is 5.34. The van der Waals surface area contributed by atoms with Crippen molar-refractivity contribution in [2.45, 2.75) is 13.5 Å². The van der Waals surface area contributed by atoms with Crippen molar-refractivity contribution < 1.29 is 9.53 Å². The van der Waals surface area contributed by atoms with Crippen LogP contribution in [0.2, 0.25) is 0 Å². The summed E-state index contributed by atoms with van der Waals surface area (Å²) in [5.74, 6) is 1.66. The third-order valence-electron chi connectivity index (χ3n) is 3.14. The number of Topliss-reactive ketones (excluding diaryl/α,β-unsaturated/α-hetero) is 1. The highest BCUT2D eigenvalue weighted by Crippen LogP contribution is 2.21. The molecule has 0 atom stereocenters. The number of methoxy groups -OCH3 is 1. The summed E-state index contributed by atoms with van der Waals surface area (Å²) in [4.78, 5) is 17.7. The lowest BCUT2D eigenvalue weighted by Crippen LogP contribution is -2.18. The van der Waals surface area contributed by atoms with Crippen LogP contribution < -0.4 is 9.64 Å². The molecule has 1 aromatic heterocycles. The summed E-state index contributed by atoms with van der Waals surface area (Å²) in [5.41, 5.74) is 1.74. The smallest absolute Gasteiger partial charge is 0.159 e. The molecule has 2 aromatic rings. The van der Waals surface area contributed by atoms with E-state index in [1.807, 2.05) is 36.2 Å². The highest BCUT2D eigenvalue weighted by atomic mass is 16.5. The van der Waals surface area contributed by atoms with Gasteiger partial charge in [0.2, 0.25) is 0 Å². The SMILES string of the molecule is COc1ccccc1CN(C)c1cc(C(C)=O)ccn1.